The van der Waals surface area contributed by atoms with E-state index in [9.17, 15) is 33.6 Å². The van der Waals surface area contributed by atoms with Gasteiger partial charge in [0.15, 0.2) is 0 Å². The van der Waals surface area contributed by atoms with Gasteiger partial charge in [-0.15, -0.1) is 0 Å². The maximum Gasteiger partial charge on any atom is 0.410 e. The Kier molecular flexibility index (Phi) is 16.1. The van der Waals surface area contributed by atoms with Crippen molar-refractivity contribution in [3.63, 3.8) is 0 Å². The number of hydrogen-bond donors (Lipinski definition) is 3. The topological polar surface area (TPSA) is 171 Å². The molecule has 1 unspecified atom stereocenters. The Morgan fingerprint density at radius 1 is 0.977 bits per heavy atom. The average molecular weight is 616 g/mol. The Morgan fingerprint density at radius 3 is 2.20 bits per heavy atom. The second-order valence-corrected chi connectivity index (χ2v) is 11.1. The number of carbonyl (C=O) groups is 7. The molecule has 6 amide bonds. The molecule has 0 radical (unpaired) electrons. The molecule has 0 saturated carbocycles. The number of carbonyl (C=O) groups excluding carboxylic acids is 7. The number of imide groups is 1. The van der Waals surface area contributed by atoms with Crippen LogP contribution in [0.25, 0.3) is 0 Å². The Labute approximate surface area is 258 Å². The number of aldehydes is 1. The normalized spacial score (nSPS) is 11.8. The van der Waals surface area contributed by atoms with Gasteiger partial charge in [0.1, 0.15) is 18.9 Å². The van der Waals surface area contributed by atoms with E-state index in [1.165, 1.54) is 18.0 Å². The van der Waals surface area contributed by atoms with E-state index in [0.717, 1.165) is 4.90 Å². The van der Waals surface area contributed by atoms with Crippen LogP contribution in [0, 0.1) is 5.92 Å². The number of anilines is 1. The van der Waals surface area contributed by atoms with Gasteiger partial charge in [-0.2, -0.15) is 0 Å². The smallest absolute Gasteiger partial charge is 0.410 e. The third-order valence-electron chi connectivity index (χ3n) is 6.74. The van der Waals surface area contributed by atoms with Gasteiger partial charge in [0.05, 0.1) is 12.1 Å². The molecular weight excluding hydrogens is 570 g/mol. The van der Waals surface area contributed by atoms with E-state index in [4.69, 9.17) is 4.74 Å². The molecule has 0 saturated heterocycles. The summed E-state index contributed by atoms with van der Waals surface area (Å²) >= 11 is 0. The Hall–Kier alpha value is -4.55. The van der Waals surface area contributed by atoms with Crippen molar-refractivity contribution in [3.05, 3.63) is 42.0 Å². The summed E-state index contributed by atoms with van der Waals surface area (Å²) in [6, 6.07) is 5.74. The number of nitrogens with one attached hydrogen (secondary N) is 3. The standard InChI is InChI=1S/C31H45N5O8/c1-7-11-27(41)36(21-38)17-10-8-9-12-25(39)34-28(22(2)3)29(42)32-18-26(40)33-24-15-13-23(14-16-24)19-44-30(43)35(6)31(4,5)20-37/h7,11,13-16,20-22,28H,8-10,12,17-19H2,1-6H3,(H,32,42)(H,33,40)(H,34,39)/b11-7-. The number of amides is 6. The van der Waals surface area contributed by atoms with Gasteiger partial charge in [-0.05, 0) is 63.3 Å². The molecule has 1 rings (SSSR count). The molecule has 242 valence electrons. The summed E-state index contributed by atoms with van der Waals surface area (Å²) < 4.78 is 5.23. The van der Waals surface area contributed by atoms with Crippen molar-refractivity contribution >= 4 is 48.1 Å². The molecule has 13 heteroatoms. The third-order valence-corrected chi connectivity index (χ3v) is 6.74. The van der Waals surface area contributed by atoms with Crippen LogP contribution in [0.2, 0.25) is 0 Å². The average Bonchev–Trinajstić information content (AvgIpc) is 2.99. The van der Waals surface area contributed by atoms with Crippen LogP contribution in [0.1, 0.15) is 65.9 Å². The van der Waals surface area contributed by atoms with Crippen molar-refractivity contribution in [2.24, 2.45) is 5.92 Å². The van der Waals surface area contributed by atoms with Gasteiger partial charge in [0.2, 0.25) is 24.1 Å². The number of unbranched alkanes of at least 4 members (excludes halogenated alkanes) is 2. The van der Waals surface area contributed by atoms with Crippen LogP contribution in [-0.2, 0) is 40.1 Å². The van der Waals surface area contributed by atoms with Crippen molar-refractivity contribution in [1.82, 2.24) is 20.4 Å². The first kappa shape index (κ1) is 37.5. The molecule has 13 nitrogen and oxygen atoms in total. The fraction of sp³-hybridized carbons (Fsp3) is 0.516. The lowest BCUT2D eigenvalue weighted by atomic mass is 10.0. The fourth-order valence-corrected chi connectivity index (χ4v) is 3.70. The third kappa shape index (κ3) is 13.2. The summed E-state index contributed by atoms with van der Waals surface area (Å²) in [7, 11) is 1.47. The molecule has 0 fully saturated rings. The van der Waals surface area contributed by atoms with Gasteiger partial charge >= 0.3 is 6.09 Å². The molecule has 44 heavy (non-hydrogen) atoms. The number of benzene rings is 1. The first-order chi connectivity index (χ1) is 20.7. The first-order valence-corrected chi connectivity index (χ1v) is 14.5. The second-order valence-electron chi connectivity index (χ2n) is 11.1. The number of hydrogen-bond acceptors (Lipinski definition) is 8. The summed E-state index contributed by atoms with van der Waals surface area (Å²) in [5.41, 5.74) is 0.134. The number of nitrogens with zero attached hydrogens (tertiary/aromatic N) is 2. The van der Waals surface area contributed by atoms with Crippen molar-refractivity contribution in [2.45, 2.75) is 78.5 Å². The summed E-state index contributed by atoms with van der Waals surface area (Å²) in [6.45, 7) is 8.35. The van der Waals surface area contributed by atoms with E-state index >= 15 is 0 Å². The molecule has 0 aromatic heterocycles. The quantitative estimate of drug-likeness (QED) is 0.128. The molecule has 1 aromatic rings. The SMILES string of the molecule is C/C=C\C(=O)N(C=O)CCCCCC(=O)NC(C(=O)NCC(=O)Nc1ccc(COC(=O)N(C)C(C)(C)C=O)cc1)C(C)C. The van der Waals surface area contributed by atoms with Crippen molar-refractivity contribution in [1.29, 1.82) is 0 Å². The number of allylic oxidation sites excluding steroid dienone is 1. The highest BCUT2D eigenvalue weighted by Crippen LogP contribution is 2.14. The summed E-state index contributed by atoms with van der Waals surface area (Å²) in [6.07, 6.45) is 5.20. The highest BCUT2D eigenvalue weighted by atomic mass is 16.6. The van der Waals surface area contributed by atoms with E-state index in [1.807, 2.05) is 0 Å². The largest absolute Gasteiger partial charge is 0.445 e. The van der Waals surface area contributed by atoms with Crippen LogP contribution < -0.4 is 16.0 Å². The van der Waals surface area contributed by atoms with Crippen molar-refractivity contribution in [2.75, 3.05) is 25.5 Å². The highest BCUT2D eigenvalue weighted by Gasteiger charge is 2.28. The monoisotopic (exact) mass is 615 g/mol. The molecule has 3 N–H and O–H groups in total. The van der Waals surface area contributed by atoms with Crippen LogP contribution in [0.15, 0.2) is 36.4 Å². The zero-order valence-corrected chi connectivity index (χ0v) is 26.4. The fourth-order valence-electron chi connectivity index (χ4n) is 3.70. The summed E-state index contributed by atoms with van der Waals surface area (Å²) in [4.78, 5) is 85.9. The first-order valence-electron chi connectivity index (χ1n) is 14.5. The molecule has 0 spiro atoms. The predicted molar refractivity (Wildman–Crippen MR) is 164 cm³/mol. The molecule has 0 aliphatic carbocycles. The van der Waals surface area contributed by atoms with Crippen molar-refractivity contribution < 1.29 is 38.3 Å². The van der Waals surface area contributed by atoms with Crippen LogP contribution in [0.4, 0.5) is 10.5 Å². The second kappa shape index (κ2) is 18.9. The van der Waals surface area contributed by atoms with Crippen LogP contribution in [0.5, 0.6) is 0 Å². The molecule has 0 heterocycles. The molecule has 0 aliphatic heterocycles. The zero-order chi connectivity index (χ0) is 33.3. The Bertz CT molecular complexity index is 1180. The van der Waals surface area contributed by atoms with E-state index in [-0.39, 0.29) is 37.9 Å². The summed E-state index contributed by atoms with van der Waals surface area (Å²) in [5, 5.41) is 7.92. The minimum atomic E-state index is -1.00. The minimum Gasteiger partial charge on any atom is -0.445 e. The van der Waals surface area contributed by atoms with E-state index < -0.39 is 35.4 Å². The van der Waals surface area contributed by atoms with Gasteiger partial charge in [0.25, 0.3) is 5.91 Å². The molecular formula is C31H45N5O8. The van der Waals surface area contributed by atoms with Gasteiger partial charge in [-0.3, -0.25) is 33.8 Å². The number of likely N-dealkylation sites (N-methyl/N-ethyl adjacent to an activating group) is 1. The summed E-state index contributed by atoms with van der Waals surface area (Å²) in [5.74, 6) is -1.90. The molecule has 1 atom stereocenters. The molecule has 0 aliphatic rings. The van der Waals surface area contributed by atoms with Gasteiger partial charge in [-0.25, -0.2) is 4.79 Å². The Balaban J connectivity index is 2.47. The Morgan fingerprint density at radius 2 is 1.64 bits per heavy atom. The number of ether oxygens (including phenoxy) is 1. The lowest BCUT2D eigenvalue weighted by molar-refractivity contribution is -0.134. The lowest BCUT2D eigenvalue weighted by Gasteiger charge is -2.29. The van der Waals surface area contributed by atoms with E-state index in [2.05, 4.69) is 16.0 Å². The van der Waals surface area contributed by atoms with Crippen LogP contribution >= 0.6 is 0 Å². The predicted octanol–water partition coefficient (Wildman–Crippen LogP) is 2.55. The molecule has 1 aromatic carbocycles. The van der Waals surface area contributed by atoms with Gasteiger partial charge in [-0.1, -0.05) is 38.5 Å². The van der Waals surface area contributed by atoms with E-state index in [0.29, 0.717) is 43.2 Å². The maximum absolute atomic E-state index is 12.7. The van der Waals surface area contributed by atoms with Crippen LogP contribution in [0.3, 0.4) is 0 Å². The van der Waals surface area contributed by atoms with Gasteiger partial charge in [0, 0.05) is 25.7 Å². The number of rotatable bonds is 18. The lowest BCUT2D eigenvalue weighted by Crippen LogP contribution is -2.51. The highest BCUT2D eigenvalue weighted by molar-refractivity contribution is 5.96. The van der Waals surface area contributed by atoms with Crippen molar-refractivity contribution in [3.8, 4) is 0 Å². The maximum atomic E-state index is 12.7. The van der Waals surface area contributed by atoms with Crippen LogP contribution in [-0.4, -0.2) is 83.9 Å². The zero-order valence-electron chi connectivity index (χ0n) is 26.4. The van der Waals surface area contributed by atoms with Gasteiger partial charge < -0.3 is 25.5 Å². The van der Waals surface area contributed by atoms with E-state index in [1.54, 1.807) is 65.0 Å². The minimum absolute atomic E-state index is 0.0264. The molecule has 0 bridgehead atoms.